The Labute approximate surface area is 178 Å². The Hall–Kier alpha value is -2.64. The van der Waals surface area contributed by atoms with Gasteiger partial charge in [0.05, 0.1) is 23.6 Å². The summed E-state index contributed by atoms with van der Waals surface area (Å²) in [6.45, 7) is 1.33. The maximum Gasteiger partial charge on any atom is 0.262 e. The number of aromatic nitrogens is 3. The molecule has 6 nitrogen and oxygen atoms in total. The summed E-state index contributed by atoms with van der Waals surface area (Å²) < 4.78 is 13.4. The number of rotatable bonds is 7. The van der Waals surface area contributed by atoms with E-state index in [4.69, 9.17) is 14.1 Å². The van der Waals surface area contributed by atoms with Crippen LogP contribution in [0.5, 0.6) is 0 Å². The summed E-state index contributed by atoms with van der Waals surface area (Å²) in [5, 5.41) is 1.41. The van der Waals surface area contributed by atoms with Crippen molar-refractivity contribution in [2.45, 2.75) is 43.5 Å². The summed E-state index contributed by atoms with van der Waals surface area (Å²) in [4.78, 5) is 22.4. The predicted octanol–water partition coefficient (Wildman–Crippen LogP) is 4.44. The molecule has 1 aliphatic heterocycles. The first kappa shape index (κ1) is 19.3. The molecule has 0 radical (unpaired) electrons. The fourth-order valence-corrected chi connectivity index (χ4v) is 4.77. The molecule has 0 amide bonds. The molecule has 0 N–H and O–H groups in total. The quantitative estimate of drug-likeness (QED) is 0.250. The third-order valence-electron chi connectivity index (χ3n) is 5.34. The van der Waals surface area contributed by atoms with Crippen LogP contribution >= 0.6 is 11.8 Å². The molecule has 2 aromatic heterocycles. The molecule has 3 heterocycles. The van der Waals surface area contributed by atoms with Crippen molar-refractivity contribution < 1.29 is 9.15 Å². The van der Waals surface area contributed by atoms with Crippen molar-refractivity contribution in [3.63, 3.8) is 0 Å². The van der Waals surface area contributed by atoms with Gasteiger partial charge in [-0.05, 0) is 43.5 Å². The molecule has 7 heteroatoms. The highest BCUT2D eigenvalue weighted by Crippen LogP contribution is 2.23. The molecule has 1 saturated heterocycles. The Balaban J connectivity index is 1.32. The maximum absolute atomic E-state index is 13.1. The number of nitrogens with zero attached hydrogens (tertiary/aromatic N) is 3. The van der Waals surface area contributed by atoms with Crippen LogP contribution in [-0.2, 0) is 17.7 Å². The van der Waals surface area contributed by atoms with E-state index in [1.807, 2.05) is 48.5 Å². The largest absolute Gasteiger partial charge is 0.441 e. The van der Waals surface area contributed by atoms with Crippen LogP contribution in [0.15, 0.2) is 62.9 Å². The number of para-hydroxylation sites is 3. The van der Waals surface area contributed by atoms with Gasteiger partial charge in [-0.15, -0.1) is 0 Å². The standard InChI is InChI=1S/C23H23N3O3S/c27-22-17-8-1-2-9-18(17)25-23(26(22)15-16-7-5-13-28-16)30-14-6-12-21-24-19-10-3-4-11-20(19)29-21/h1-4,8-11,16H,5-7,12-15H2. The lowest BCUT2D eigenvalue weighted by Gasteiger charge is -2.16. The molecule has 1 aliphatic rings. The molecule has 4 aromatic rings. The summed E-state index contributed by atoms with van der Waals surface area (Å²) in [7, 11) is 0. The van der Waals surface area contributed by atoms with Crippen molar-refractivity contribution in [2.75, 3.05) is 12.4 Å². The molecule has 2 aromatic carbocycles. The zero-order valence-corrected chi connectivity index (χ0v) is 17.4. The molecule has 0 bridgehead atoms. The van der Waals surface area contributed by atoms with Gasteiger partial charge in [0.15, 0.2) is 16.6 Å². The van der Waals surface area contributed by atoms with Crippen molar-refractivity contribution in [2.24, 2.45) is 0 Å². The van der Waals surface area contributed by atoms with E-state index in [1.165, 1.54) is 0 Å². The molecule has 0 saturated carbocycles. The van der Waals surface area contributed by atoms with Crippen LogP contribution in [0.4, 0.5) is 0 Å². The molecule has 5 rings (SSSR count). The zero-order valence-electron chi connectivity index (χ0n) is 16.6. The van der Waals surface area contributed by atoms with E-state index in [9.17, 15) is 4.79 Å². The van der Waals surface area contributed by atoms with Crippen molar-refractivity contribution >= 4 is 33.8 Å². The normalized spacial score (nSPS) is 16.6. The van der Waals surface area contributed by atoms with E-state index in [1.54, 1.807) is 16.3 Å². The van der Waals surface area contributed by atoms with Crippen molar-refractivity contribution in [3.05, 3.63) is 64.8 Å². The summed E-state index contributed by atoms with van der Waals surface area (Å²) in [6.07, 6.45) is 3.77. The number of hydrogen-bond acceptors (Lipinski definition) is 6. The molecule has 1 atom stereocenters. The van der Waals surface area contributed by atoms with Gasteiger partial charge < -0.3 is 9.15 Å². The fourth-order valence-electron chi connectivity index (χ4n) is 3.82. The third kappa shape index (κ3) is 4.00. The second-order valence-electron chi connectivity index (χ2n) is 7.49. The van der Waals surface area contributed by atoms with Gasteiger partial charge in [-0.3, -0.25) is 9.36 Å². The van der Waals surface area contributed by atoms with Crippen LogP contribution in [-0.4, -0.2) is 33.0 Å². The SMILES string of the molecule is O=c1c2ccccc2nc(SCCCc2nc3ccccc3o2)n1CC1CCCO1. The highest BCUT2D eigenvalue weighted by molar-refractivity contribution is 7.99. The van der Waals surface area contributed by atoms with Crippen LogP contribution in [0.25, 0.3) is 22.0 Å². The monoisotopic (exact) mass is 421 g/mol. The van der Waals surface area contributed by atoms with E-state index in [-0.39, 0.29) is 11.7 Å². The fraction of sp³-hybridized carbons (Fsp3) is 0.348. The first-order valence-electron chi connectivity index (χ1n) is 10.4. The van der Waals surface area contributed by atoms with Crippen LogP contribution in [0.1, 0.15) is 25.2 Å². The molecule has 30 heavy (non-hydrogen) atoms. The highest BCUT2D eigenvalue weighted by Gasteiger charge is 2.20. The van der Waals surface area contributed by atoms with Gasteiger partial charge in [-0.25, -0.2) is 9.97 Å². The van der Waals surface area contributed by atoms with E-state index in [2.05, 4.69) is 4.98 Å². The summed E-state index contributed by atoms with van der Waals surface area (Å²) in [5.41, 5.74) is 2.47. The highest BCUT2D eigenvalue weighted by atomic mass is 32.2. The Bertz CT molecular complexity index is 1190. The minimum atomic E-state index is 0.0116. The molecule has 0 aliphatic carbocycles. The van der Waals surface area contributed by atoms with Crippen LogP contribution in [0.2, 0.25) is 0 Å². The second kappa shape index (κ2) is 8.62. The Morgan fingerprint density at radius 1 is 1.07 bits per heavy atom. The van der Waals surface area contributed by atoms with Crippen molar-refractivity contribution in [1.29, 1.82) is 0 Å². The average molecular weight is 422 g/mol. The number of oxazole rings is 1. The third-order valence-corrected chi connectivity index (χ3v) is 6.40. The topological polar surface area (TPSA) is 70.2 Å². The number of fused-ring (bicyclic) bond motifs is 2. The Kier molecular flexibility index (Phi) is 5.55. The van der Waals surface area contributed by atoms with Gasteiger partial charge in [-0.1, -0.05) is 36.0 Å². The first-order valence-corrected chi connectivity index (χ1v) is 11.3. The predicted molar refractivity (Wildman–Crippen MR) is 118 cm³/mol. The van der Waals surface area contributed by atoms with E-state index >= 15 is 0 Å². The first-order chi connectivity index (χ1) is 14.8. The Morgan fingerprint density at radius 2 is 1.90 bits per heavy atom. The molecular weight excluding hydrogens is 398 g/mol. The molecule has 0 spiro atoms. The van der Waals surface area contributed by atoms with Gasteiger partial charge in [0.2, 0.25) is 0 Å². The van der Waals surface area contributed by atoms with E-state index < -0.39 is 0 Å². The lowest BCUT2D eigenvalue weighted by Crippen LogP contribution is -2.28. The maximum atomic E-state index is 13.1. The van der Waals surface area contributed by atoms with Crippen LogP contribution < -0.4 is 5.56 Å². The van der Waals surface area contributed by atoms with Crippen LogP contribution in [0.3, 0.4) is 0 Å². The summed E-state index contributed by atoms with van der Waals surface area (Å²) >= 11 is 1.61. The molecule has 154 valence electrons. The van der Waals surface area contributed by atoms with Crippen molar-refractivity contribution in [3.8, 4) is 0 Å². The van der Waals surface area contributed by atoms with Crippen LogP contribution in [0, 0.1) is 0 Å². The average Bonchev–Trinajstić information content (AvgIpc) is 3.43. The number of ether oxygens (including phenoxy) is 1. The molecule has 1 fully saturated rings. The number of benzene rings is 2. The minimum Gasteiger partial charge on any atom is -0.441 e. The second-order valence-corrected chi connectivity index (χ2v) is 8.55. The van der Waals surface area contributed by atoms with Gasteiger partial charge >= 0.3 is 0 Å². The number of aryl methyl sites for hydroxylation is 1. The Morgan fingerprint density at radius 3 is 2.73 bits per heavy atom. The smallest absolute Gasteiger partial charge is 0.262 e. The van der Waals surface area contributed by atoms with Crippen molar-refractivity contribution in [1.82, 2.24) is 14.5 Å². The van der Waals surface area contributed by atoms with Gasteiger partial charge in [-0.2, -0.15) is 0 Å². The van der Waals surface area contributed by atoms with Gasteiger partial charge in [0.1, 0.15) is 5.52 Å². The minimum absolute atomic E-state index is 0.0116. The van der Waals surface area contributed by atoms with Gasteiger partial charge in [0.25, 0.3) is 5.56 Å². The lowest BCUT2D eigenvalue weighted by atomic mass is 10.2. The van der Waals surface area contributed by atoms with Gasteiger partial charge in [0, 0.05) is 18.8 Å². The number of thioether (sulfide) groups is 1. The summed E-state index contributed by atoms with van der Waals surface area (Å²) in [5.74, 6) is 1.58. The van der Waals surface area contributed by atoms with E-state index in [0.717, 1.165) is 65.7 Å². The number of hydrogen-bond donors (Lipinski definition) is 0. The molecular formula is C23H23N3O3S. The molecule has 1 unspecified atom stereocenters. The zero-order chi connectivity index (χ0) is 20.3. The van der Waals surface area contributed by atoms with E-state index in [0.29, 0.717) is 11.9 Å². The lowest BCUT2D eigenvalue weighted by molar-refractivity contribution is 0.0937. The summed E-state index contributed by atoms with van der Waals surface area (Å²) in [6, 6.07) is 15.3.